The van der Waals surface area contributed by atoms with Crippen LogP contribution in [-0.2, 0) is 32.7 Å². The molecule has 2 atom stereocenters. The Kier molecular flexibility index (Phi) is 37.9. The molecule has 0 spiro atoms. The van der Waals surface area contributed by atoms with Crippen molar-refractivity contribution in [3.05, 3.63) is 24.3 Å². The third-order valence-corrected chi connectivity index (χ3v) is 11.0. The maximum atomic E-state index is 12.6. The van der Waals surface area contributed by atoms with Gasteiger partial charge >= 0.3 is 11.9 Å². The molecule has 0 aliphatic rings. The molecule has 0 heterocycles. The predicted octanol–water partition coefficient (Wildman–Crippen LogP) is 12.5. The summed E-state index contributed by atoms with van der Waals surface area (Å²) in [4.78, 5) is 37.5. The first-order valence-corrected chi connectivity index (χ1v) is 24.5. The number of nitrogens with zero attached hydrogens (tertiary/aromatic N) is 1. The van der Waals surface area contributed by atoms with Gasteiger partial charge in [0.25, 0.3) is 7.82 Å². The molecule has 0 bridgehead atoms. The lowest BCUT2D eigenvalue weighted by Crippen LogP contribution is -2.37. The lowest BCUT2D eigenvalue weighted by Gasteiger charge is -2.28. The Balaban J connectivity index is 4.31. The number of rotatable bonds is 42. The topological polar surface area (TPSA) is 111 Å². The van der Waals surface area contributed by atoms with Crippen LogP contribution in [0.1, 0.15) is 206 Å². The summed E-state index contributed by atoms with van der Waals surface area (Å²) in [6.07, 6.45) is 42.3. The normalized spacial score (nSPS) is 13.8. The zero-order valence-corrected chi connectivity index (χ0v) is 38.0. The monoisotopic (exact) mass is 814 g/mol. The van der Waals surface area contributed by atoms with Gasteiger partial charge in [-0.1, -0.05) is 186 Å². The molecule has 0 aliphatic carbocycles. The van der Waals surface area contributed by atoms with Crippen LogP contribution >= 0.6 is 7.82 Å². The second kappa shape index (κ2) is 39.0. The molecule has 0 aromatic heterocycles. The third-order valence-electron chi connectivity index (χ3n) is 9.99. The fourth-order valence-electron chi connectivity index (χ4n) is 6.36. The highest BCUT2D eigenvalue weighted by atomic mass is 31.2. The van der Waals surface area contributed by atoms with Crippen LogP contribution in [0.4, 0.5) is 0 Å². The van der Waals surface area contributed by atoms with Crippen LogP contribution in [0.3, 0.4) is 0 Å². The van der Waals surface area contributed by atoms with Crippen molar-refractivity contribution in [3.8, 4) is 0 Å². The quantitative estimate of drug-likeness (QED) is 0.0197. The minimum Gasteiger partial charge on any atom is -0.756 e. The molecule has 0 fully saturated rings. The molecule has 330 valence electrons. The van der Waals surface area contributed by atoms with Gasteiger partial charge in [-0.3, -0.25) is 14.2 Å². The predicted molar refractivity (Wildman–Crippen MR) is 231 cm³/mol. The van der Waals surface area contributed by atoms with E-state index in [-0.39, 0.29) is 26.1 Å². The minimum absolute atomic E-state index is 0.0380. The first kappa shape index (κ1) is 54.5. The lowest BCUT2D eigenvalue weighted by molar-refractivity contribution is -0.870. The molecule has 9 nitrogen and oxygen atoms in total. The van der Waals surface area contributed by atoms with Gasteiger partial charge in [0.05, 0.1) is 27.7 Å². The van der Waals surface area contributed by atoms with Gasteiger partial charge in [0, 0.05) is 12.8 Å². The number of hydrogen-bond donors (Lipinski definition) is 0. The number of allylic oxidation sites excluding steroid dienone is 4. The van der Waals surface area contributed by atoms with Crippen molar-refractivity contribution in [1.82, 2.24) is 0 Å². The number of phosphoric acid groups is 1. The van der Waals surface area contributed by atoms with Gasteiger partial charge in [0.1, 0.15) is 19.8 Å². The van der Waals surface area contributed by atoms with Crippen LogP contribution in [0.25, 0.3) is 0 Å². The minimum atomic E-state index is -4.63. The van der Waals surface area contributed by atoms with E-state index in [0.717, 1.165) is 32.1 Å². The summed E-state index contributed by atoms with van der Waals surface area (Å²) in [5.41, 5.74) is 0. The van der Waals surface area contributed by atoms with Crippen molar-refractivity contribution >= 4 is 19.8 Å². The molecule has 0 rings (SSSR count). The summed E-state index contributed by atoms with van der Waals surface area (Å²) in [7, 11) is 1.14. The number of esters is 2. The van der Waals surface area contributed by atoms with E-state index in [1.807, 2.05) is 33.3 Å². The standard InChI is InChI=1S/C46H88NO8P/c1-6-8-10-12-14-16-18-20-21-22-23-24-25-27-28-30-32-34-36-38-45(48)52-42-44(43-54-56(50,51)53-41-40-47(3,4)5)55-46(49)39-37-35-33-31-29-26-19-17-15-13-11-9-7-2/h26,29,33,35,44H,6-25,27-28,30-32,34,36-43H2,1-5H3/b29-26+,35-33+. The van der Waals surface area contributed by atoms with Gasteiger partial charge < -0.3 is 27.9 Å². The molecule has 0 amide bonds. The molecule has 0 aromatic carbocycles. The Bertz CT molecular complexity index is 1010. The molecule has 2 unspecified atom stereocenters. The largest absolute Gasteiger partial charge is 0.756 e. The van der Waals surface area contributed by atoms with Crippen molar-refractivity contribution in [2.75, 3.05) is 47.5 Å². The molecule has 0 N–H and O–H groups in total. The summed E-state index contributed by atoms with van der Waals surface area (Å²) < 4.78 is 33.8. The smallest absolute Gasteiger partial charge is 0.306 e. The van der Waals surface area contributed by atoms with E-state index < -0.39 is 32.5 Å². The van der Waals surface area contributed by atoms with E-state index in [1.165, 1.54) is 141 Å². The highest BCUT2D eigenvalue weighted by molar-refractivity contribution is 7.45. The Morgan fingerprint density at radius 3 is 1.48 bits per heavy atom. The third kappa shape index (κ3) is 42.1. The SMILES string of the molecule is CCCCCCCC/C=C/C/C=C/CCC(=O)OC(COC(=O)CCCCCCCCCCCCCCCCCCCCC)COP(=O)([O-])OCC[N+](C)(C)C. The van der Waals surface area contributed by atoms with E-state index >= 15 is 0 Å². The first-order valence-electron chi connectivity index (χ1n) is 23.0. The molecule has 0 saturated carbocycles. The molecule has 10 heteroatoms. The second-order valence-electron chi connectivity index (χ2n) is 16.8. The molecule has 0 aromatic rings. The van der Waals surface area contributed by atoms with Gasteiger partial charge in [0.15, 0.2) is 6.10 Å². The average Bonchev–Trinajstić information content (AvgIpc) is 3.15. The maximum absolute atomic E-state index is 12.6. The average molecular weight is 814 g/mol. The number of quaternary nitrogens is 1. The Hall–Kier alpha value is -1.51. The fourth-order valence-corrected chi connectivity index (χ4v) is 7.08. The van der Waals surface area contributed by atoms with Gasteiger partial charge in [-0.15, -0.1) is 0 Å². The highest BCUT2D eigenvalue weighted by Gasteiger charge is 2.21. The van der Waals surface area contributed by atoms with E-state index in [0.29, 0.717) is 17.4 Å². The Morgan fingerprint density at radius 2 is 1.00 bits per heavy atom. The van der Waals surface area contributed by atoms with Gasteiger partial charge in [-0.2, -0.15) is 0 Å². The van der Waals surface area contributed by atoms with Crippen LogP contribution in [-0.4, -0.2) is 70.0 Å². The van der Waals surface area contributed by atoms with Crippen molar-refractivity contribution in [2.24, 2.45) is 0 Å². The lowest BCUT2D eigenvalue weighted by atomic mass is 10.0. The fraction of sp³-hybridized carbons (Fsp3) is 0.870. The van der Waals surface area contributed by atoms with Gasteiger partial charge in [-0.05, 0) is 32.1 Å². The van der Waals surface area contributed by atoms with Crippen molar-refractivity contribution in [3.63, 3.8) is 0 Å². The van der Waals surface area contributed by atoms with Gasteiger partial charge in [-0.25, -0.2) is 0 Å². The highest BCUT2D eigenvalue weighted by Crippen LogP contribution is 2.38. The first-order chi connectivity index (χ1) is 27.0. The number of carbonyl (C=O) groups is 2. The van der Waals surface area contributed by atoms with Crippen LogP contribution in [0.2, 0.25) is 0 Å². The number of ether oxygens (including phenoxy) is 2. The number of unbranched alkanes of at least 4 members (excludes halogenated alkanes) is 24. The molecular formula is C46H88NO8P. The van der Waals surface area contributed by atoms with Crippen LogP contribution in [0, 0.1) is 0 Å². The number of likely N-dealkylation sites (N-methyl/N-ethyl adjacent to an activating group) is 1. The molecule has 0 saturated heterocycles. The van der Waals surface area contributed by atoms with Crippen LogP contribution in [0.15, 0.2) is 24.3 Å². The molecular weight excluding hydrogens is 725 g/mol. The molecule has 0 radical (unpaired) electrons. The zero-order valence-electron chi connectivity index (χ0n) is 37.1. The Labute approximate surface area is 345 Å². The second-order valence-corrected chi connectivity index (χ2v) is 18.2. The summed E-state index contributed by atoms with van der Waals surface area (Å²) in [5, 5.41) is 0. The van der Waals surface area contributed by atoms with Crippen LogP contribution in [0.5, 0.6) is 0 Å². The zero-order chi connectivity index (χ0) is 41.4. The summed E-state index contributed by atoms with van der Waals surface area (Å²) in [5.74, 6) is -0.904. The molecule has 56 heavy (non-hydrogen) atoms. The summed E-state index contributed by atoms with van der Waals surface area (Å²) >= 11 is 0. The van der Waals surface area contributed by atoms with E-state index in [1.54, 1.807) is 0 Å². The van der Waals surface area contributed by atoms with E-state index in [4.69, 9.17) is 18.5 Å². The Morgan fingerprint density at radius 1 is 0.554 bits per heavy atom. The summed E-state index contributed by atoms with van der Waals surface area (Å²) in [6.45, 7) is 4.17. The number of phosphoric ester groups is 1. The number of hydrogen-bond acceptors (Lipinski definition) is 8. The van der Waals surface area contributed by atoms with Crippen molar-refractivity contribution in [1.29, 1.82) is 0 Å². The maximum Gasteiger partial charge on any atom is 0.306 e. The van der Waals surface area contributed by atoms with Crippen molar-refractivity contribution in [2.45, 2.75) is 213 Å². The number of carbonyl (C=O) groups excluding carboxylic acids is 2. The van der Waals surface area contributed by atoms with Crippen LogP contribution < -0.4 is 4.89 Å². The van der Waals surface area contributed by atoms with E-state index in [2.05, 4.69) is 26.0 Å². The summed E-state index contributed by atoms with van der Waals surface area (Å²) in [6, 6.07) is 0. The molecule has 0 aliphatic heterocycles. The van der Waals surface area contributed by atoms with Gasteiger partial charge in [0.2, 0.25) is 0 Å². The van der Waals surface area contributed by atoms with E-state index in [9.17, 15) is 19.0 Å². The van der Waals surface area contributed by atoms with Crippen molar-refractivity contribution < 1.29 is 42.1 Å².